The molecule has 32 heavy (non-hydrogen) atoms. The van der Waals surface area contributed by atoms with Crippen molar-refractivity contribution < 1.29 is 19.4 Å². The SMILES string of the molecule is CCCOc1cccc([C@@H]2C(=C(O)c3ccc(Cl)cc3)C(=O)C(=O)N2CCCN(C)C)c1. The lowest BCUT2D eigenvalue weighted by atomic mass is 9.95. The third-order valence-electron chi connectivity index (χ3n) is 5.31. The third kappa shape index (κ3) is 5.31. The Morgan fingerprint density at radius 2 is 1.88 bits per heavy atom. The Balaban J connectivity index is 2.07. The van der Waals surface area contributed by atoms with Crippen LogP contribution in [0.15, 0.2) is 54.1 Å². The molecule has 1 saturated heterocycles. The Labute approximate surface area is 194 Å². The van der Waals surface area contributed by atoms with Crippen LogP contribution in [0.4, 0.5) is 0 Å². The largest absolute Gasteiger partial charge is 0.507 e. The van der Waals surface area contributed by atoms with Crippen LogP contribution in [0.2, 0.25) is 5.02 Å². The molecule has 0 radical (unpaired) electrons. The number of likely N-dealkylation sites (tertiary alicyclic amines) is 1. The number of hydrogen-bond donors (Lipinski definition) is 1. The van der Waals surface area contributed by atoms with Gasteiger partial charge in [0.1, 0.15) is 11.5 Å². The van der Waals surface area contributed by atoms with E-state index in [1.165, 1.54) is 0 Å². The van der Waals surface area contributed by atoms with Crippen LogP contribution in [0.25, 0.3) is 5.76 Å². The first-order valence-corrected chi connectivity index (χ1v) is 11.1. The summed E-state index contributed by atoms with van der Waals surface area (Å²) in [7, 11) is 3.92. The second-order valence-corrected chi connectivity index (χ2v) is 8.51. The van der Waals surface area contributed by atoms with E-state index in [-0.39, 0.29) is 11.3 Å². The van der Waals surface area contributed by atoms with Gasteiger partial charge in [-0.1, -0.05) is 30.7 Å². The van der Waals surface area contributed by atoms with E-state index >= 15 is 0 Å². The summed E-state index contributed by atoms with van der Waals surface area (Å²) in [5, 5.41) is 11.6. The van der Waals surface area contributed by atoms with Crippen molar-refractivity contribution in [1.82, 2.24) is 9.80 Å². The Kier molecular flexibility index (Phi) is 7.94. The van der Waals surface area contributed by atoms with Crippen LogP contribution in [-0.4, -0.2) is 60.4 Å². The zero-order valence-corrected chi connectivity index (χ0v) is 19.4. The van der Waals surface area contributed by atoms with Gasteiger partial charge in [-0.25, -0.2) is 0 Å². The number of halogens is 1. The number of benzene rings is 2. The van der Waals surface area contributed by atoms with Crippen LogP contribution >= 0.6 is 11.6 Å². The Hall–Kier alpha value is -2.83. The number of aliphatic hydroxyl groups excluding tert-OH is 1. The minimum atomic E-state index is -0.696. The molecule has 7 heteroatoms. The molecule has 1 aliphatic heterocycles. The number of ether oxygens (including phenoxy) is 1. The highest BCUT2D eigenvalue weighted by Gasteiger charge is 2.45. The topological polar surface area (TPSA) is 70.1 Å². The lowest BCUT2D eigenvalue weighted by molar-refractivity contribution is -0.139. The molecule has 1 fully saturated rings. The van der Waals surface area contributed by atoms with Crippen LogP contribution in [0.1, 0.15) is 36.9 Å². The first-order valence-electron chi connectivity index (χ1n) is 10.7. The van der Waals surface area contributed by atoms with Crippen LogP contribution in [-0.2, 0) is 9.59 Å². The smallest absolute Gasteiger partial charge is 0.295 e. The monoisotopic (exact) mass is 456 g/mol. The highest BCUT2D eigenvalue weighted by Crippen LogP contribution is 2.40. The number of aliphatic hydroxyl groups is 1. The van der Waals surface area contributed by atoms with Crippen molar-refractivity contribution in [3.05, 3.63) is 70.3 Å². The third-order valence-corrected chi connectivity index (χ3v) is 5.56. The quantitative estimate of drug-likeness (QED) is 0.341. The zero-order chi connectivity index (χ0) is 23.3. The number of hydrogen-bond acceptors (Lipinski definition) is 5. The molecule has 6 nitrogen and oxygen atoms in total. The molecule has 1 atom stereocenters. The van der Waals surface area contributed by atoms with Crippen molar-refractivity contribution in [2.24, 2.45) is 0 Å². The van der Waals surface area contributed by atoms with Gasteiger partial charge in [-0.2, -0.15) is 0 Å². The van der Waals surface area contributed by atoms with E-state index in [0.29, 0.717) is 35.9 Å². The molecule has 1 amide bonds. The molecule has 2 aromatic carbocycles. The molecule has 0 aromatic heterocycles. The van der Waals surface area contributed by atoms with Gasteiger partial charge in [0.25, 0.3) is 11.7 Å². The predicted molar refractivity (Wildman–Crippen MR) is 126 cm³/mol. The Morgan fingerprint density at radius 1 is 1.16 bits per heavy atom. The summed E-state index contributed by atoms with van der Waals surface area (Å²) in [5.41, 5.74) is 1.23. The molecule has 3 rings (SSSR count). The summed E-state index contributed by atoms with van der Waals surface area (Å²) < 4.78 is 5.76. The summed E-state index contributed by atoms with van der Waals surface area (Å²) in [6.07, 6.45) is 1.56. The van der Waals surface area contributed by atoms with Crippen LogP contribution in [0, 0.1) is 0 Å². The molecule has 0 bridgehead atoms. The summed E-state index contributed by atoms with van der Waals surface area (Å²) in [6, 6.07) is 13.2. The number of carbonyl (C=O) groups excluding carboxylic acids is 2. The number of amides is 1. The number of rotatable bonds is 9. The maximum atomic E-state index is 13.1. The van der Waals surface area contributed by atoms with E-state index in [2.05, 4.69) is 0 Å². The van der Waals surface area contributed by atoms with Gasteiger partial charge in [0, 0.05) is 17.1 Å². The molecule has 0 unspecified atom stereocenters. The van der Waals surface area contributed by atoms with E-state index in [1.54, 1.807) is 29.2 Å². The number of nitrogens with zero attached hydrogens (tertiary/aromatic N) is 2. The lowest BCUT2D eigenvalue weighted by Crippen LogP contribution is -2.32. The second kappa shape index (κ2) is 10.7. The summed E-state index contributed by atoms with van der Waals surface area (Å²) in [4.78, 5) is 29.6. The van der Waals surface area contributed by atoms with Crippen LogP contribution < -0.4 is 4.74 Å². The van der Waals surface area contributed by atoms with Crippen LogP contribution in [0.5, 0.6) is 5.75 Å². The van der Waals surface area contributed by atoms with Gasteiger partial charge in [-0.05, 0) is 75.4 Å². The fourth-order valence-corrected chi connectivity index (χ4v) is 3.90. The number of carbonyl (C=O) groups is 2. The van der Waals surface area contributed by atoms with Gasteiger partial charge >= 0.3 is 0 Å². The average molecular weight is 457 g/mol. The predicted octanol–water partition coefficient (Wildman–Crippen LogP) is 4.50. The minimum absolute atomic E-state index is 0.0785. The van der Waals surface area contributed by atoms with Crippen molar-refractivity contribution >= 4 is 29.1 Å². The zero-order valence-electron chi connectivity index (χ0n) is 18.7. The number of Topliss-reactive ketones (excluding diaryl/α,β-unsaturated/α-hetero) is 1. The lowest BCUT2D eigenvalue weighted by Gasteiger charge is -2.26. The second-order valence-electron chi connectivity index (χ2n) is 8.08. The van der Waals surface area contributed by atoms with Crippen molar-refractivity contribution in [3.63, 3.8) is 0 Å². The average Bonchev–Trinajstić information content (AvgIpc) is 3.02. The Bertz CT molecular complexity index is 1000. The fraction of sp³-hybridized carbons (Fsp3) is 0.360. The van der Waals surface area contributed by atoms with Gasteiger partial charge < -0.3 is 19.6 Å². The van der Waals surface area contributed by atoms with E-state index < -0.39 is 17.7 Å². The molecule has 0 aliphatic carbocycles. The molecular weight excluding hydrogens is 428 g/mol. The highest BCUT2D eigenvalue weighted by atomic mass is 35.5. The highest BCUT2D eigenvalue weighted by molar-refractivity contribution is 6.46. The van der Waals surface area contributed by atoms with Gasteiger partial charge in [-0.15, -0.1) is 0 Å². The van der Waals surface area contributed by atoms with Crippen LogP contribution in [0.3, 0.4) is 0 Å². The van der Waals surface area contributed by atoms with Crippen molar-refractivity contribution in [1.29, 1.82) is 0 Å². The standard InChI is InChI=1S/C25H29ClN2O4/c1-4-15-32-20-8-5-7-18(16-20)22-21(23(29)17-9-11-19(26)12-10-17)24(30)25(31)28(22)14-6-13-27(2)3/h5,7-12,16,22,29H,4,6,13-15H2,1-3H3/t22-/m1/s1. The number of ketones is 1. The molecule has 1 N–H and O–H groups in total. The maximum Gasteiger partial charge on any atom is 0.295 e. The van der Waals surface area contributed by atoms with E-state index in [4.69, 9.17) is 16.3 Å². The fourth-order valence-electron chi connectivity index (χ4n) is 3.77. The first-order chi connectivity index (χ1) is 15.3. The van der Waals surface area contributed by atoms with Gasteiger partial charge in [0.05, 0.1) is 18.2 Å². The summed E-state index contributed by atoms with van der Waals surface area (Å²) >= 11 is 5.97. The Morgan fingerprint density at radius 3 is 2.53 bits per heavy atom. The molecule has 0 spiro atoms. The maximum absolute atomic E-state index is 13.1. The van der Waals surface area contributed by atoms with Crippen molar-refractivity contribution in [2.75, 3.05) is 33.8 Å². The molecule has 170 valence electrons. The molecule has 0 saturated carbocycles. The summed E-state index contributed by atoms with van der Waals surface area (Å²) in [5.74, 6) is -0.842. The molecule has 2 aromatic rings. The van der Waals surface area contributed by atoms with Crippen molar-refractivity contribution in [2.45, 2.75) is 25.8 Å². The molecule has 1 heterocycles. The van der Waals surface area contributed by atoms with E-state index in [9.17, 15) is 14.7 Å². The first kappa shape index (κ1) is 23.8. The minimum Gasteiger partial charge on any atom is -0.507 e. The van der Waals surface area contributed by atoms with E-state index in [0.717, 1.165) is 18.5 Å². The van der Waals surface area contributed by atoms with Crippen molar-refractivity contribution in [3.8, 4) is 5.75 Å². The molecule has 1 aliphatic rings. The van der Waals surface area contributed by atoms with Gasteiger partial charge in [-0.3, -0.25) is 9.59 Å². The van der Waals surface area contributed by atoms with E-state index in [1.807, 2.05) is 50.2 Å². The normalized spacial score (nSPS) is 17.9. The molecular formula is C25H29ClN2O4. The van der Waals surface area contributed by atoms with Gasteiger partial charge in [0.2, 0.25) is 0 Å². The summed E-state index contributed by atoms with van der Waals surface area (Å²) in [6.45, 7) is 3.75. The van der Waals surface area contributed by atoms with Gasteiger partial charge in [0.15, 0.2) is 0 Å².